The van der Waals surface area contributed by atoms with E-state index in [2.05, 4.69) is 31.0 Å². The van der Waals surface area contributed by atoms with Crippen LogP contribution in [0.1, 0.15) is 30.9 Å². The molecule has 1 atom stereocenters. The summed E-state index contributed by atoms with van der Waals surface area (Å²) in [7, 11) is 2.24. The van der Waals surface area contributed by atoms with Gasteiger partial charge in [0.2, 0.25) is 0 Å². The Morgan fingerprint density at radius 2 is 2.06 bits per heavy atom. The highest BCUT2D eigenvalue weighted by atomic mass is 35.5. The number of nitrogens with two attached hydrogens (primary N) is 1. The van der Waals surface area contributed by atoms with Crippen molar-refractivity contribution in [3.63, 3.8) is 0 Å². The zero-order valence-corrected chi connectivity index (χ0v) is 12.8. The third kappa shape index (κ3) is 3.78. The summed E-state index contributed by atoms with van der Waals surface area (Å²) in [6, 6.07) is 7.04. The van der Waals surface area contributed by atoms with Gasteiger partial charge in [0.15, 0.2) is 0 Å². The van der Waals surface area contributed by atoms with E-state index in [4.69, 9.17) is 5.73 Å². The number of halogens is 2. The number of nitrogen functional groups attached to an aromatic ring is 1. The minimum atomic E-state index is 0. The Morgan fingerprint density at radius 3 is 2.72 bits per heavy atom. The van der Waals surface area contributed by atoms with Gasteiger partial charge in [0.25, 0.3) is 0 Å². The van der Waals surface area contributed by atoms with E-state index >= 15 is 0 Å². The van der Waals surface area contributed by atoms with Gasteiger partial charge < -0.3 is 10.6 Å². The van der Waals surface area contributed by atoms with Gasteiger partial charge in [-0.2, -0.15) is 0 Å². The lowest BCUT2D eigenvalue weighted by atomic mass is 9.86. The summed E-state index contributed by atoms with van der Waals surface area (Å²) < 4.78 is 0. The number of hydrogen-bond acceptors (Lipinski definition) is 2. The van der Waals surface area contributed by atoms with Gasteiger partial charge in [-0.15, -0.1) is 24.8 Å². The Hall–Kier alpha value is -0.440. The van der Waals surface area contributed by atoms with Gasteiger partial charge in [0.1, 0.15) is 0 Å². The van der Waals surface area contributed by atoms with E-state index in [1.807, 2.05) is 6.07 Å². The summed E-state index contributed by atoms with van der Waals surface area (Å²) >= 11 is 0. The van der Waals surface area contributed by atoms with Gasteiger partial charge in [-0.3, -0.25) is 0 Å². The Bertz CT molecular complexity index is 369. The fourth-order valence-electron chi connectivity index (χ4n) is 2.73. The first-order valence-electron chi connectivity index (χ1n) is 6.29. The van der Waals surface area contributed by atoms with Crippen LogP contribution in [-0.4, -0.2) is 24.5 Å². The first-order chi connectivity index (χ1) is 7.72. The Morgan fingerprint density at radius 1 is 1.33 bits per heavy atom. The van der Waals surface area contributed by atoms with Crippen LogP contribution in [0.5, 0.6) is 0 Å². The van der Waals surface area contributed by atoms with E-state index < -0.39 is 0 Å². The second-order valence-electron chi connectivity index (χ2n) is 4.86. The molecule has 0 spiro atoms. The molecule has 18 heavy (non-hydrogen) atoms. The molecule has 0 heterocycles. The van der Waals surface area contributed by atoms with Crippen molar-refractivity contribution in [1.82, 2.24) is 4.90 Å². The van der Waals surface area contributed by atoms with E-state index in [9.17, 15) is 0 Å². The molecule has 1 aromatic rings. The molecule has 2 N–H and O–H groups in total. The van der Waals surface area contributed by atoms with Gasteiger partial charge in [0.05, 0.1) is 0 Å². The molecule has 0 saturated heterocycles. The summed E-state index contributed by atoms with van der Waals surface area (Å²) in [5.74, 6) is 0. The summed E-state index contributed by atoms with van der Waals surface area (Å²) in [6.45, 7) is 3.44. The minimum Gasteiger partial charge on any atom is -0.398 e. The van der Waals surface area contributed by atoms with Crippen molar-refractivity contribution >= 4 is 30.5 Å². The lowest BCUT2D eigenvalue weighted by Crippen LogP contribution is -2.37. The van der Waals surface area contributed by atoms with Crippen LogP contribution in [0, 0.1) is 0 Å². The van der Waals surface area contributed by atoms with Crippen LogP contribution < -0.4 is 5.73 Å². The van der Waals surface area contributed by atoms with Crippen molar-refractivity contribution in [2.45, 2.75) is 38.6 Å². The first kappa shape index (κ1) is 17.6. The van der Waals surface area contributed by atoms with E-state index in [1.165, 1.54) is 30.5 Å². The van der Waals surface area contributed by atoms with E-state index in [1.54, 1.807) is 0 Å². The van der Waals surface area contributed by atoms with Crippen molar-refractivity contribution in [3.8, 4) is 0 Å². The van der Waals surface area contributed by atoms with Crippen LogP contribution in [0.4, 0.5) is 5.69 Å². The normalized spacial score (nSPS) is 17.6. The molecular formula is C14H24Cl2N2. The maximum Gasteiger partial charge on any atom is 0.0349 e. The monoisotopic (exact) mass is 290 g/mol. The van der Waals surface area contributed by atoms with Gasteiger partial charge in [0, 0.05) is 11.7 Å². The number of likely N-dealkylation sites (N-methyl/N-ethyl adjacent to an activating group) is 1. The molecule has 0 bridgehead atoms. The number of nitrogens with zero attached hydrogens (tertiary/aromatic N) is 1. The lowest BCUT2D eigenvalue weighted by molar-refractivity contribution is 0.222. The van der Waals surface area contributed by atoms with E-state index in [0.29, 0.717) is 6.04 Å². The molecular weight excluding hydrogens is 267 g/mol. The minimum absolute atomic E-state index is 0. The molecule has 1 aliphatic carbocycles. The summed E-state index contributed by atoms with van der Waals surface area (Å²) in [6.07, 6.45) is 4.78. The van der Waals surface area contributed by atoms with Crippen molar-refractivity contribution in [3.05, 3.63) is 29.3 Å². The molecule has 0 fully saturated rings. The average molecular weight is 291 g/mol. The van der Waals surface area contributed by atoms with Gasteiger partial charge >= 0.3 is 0 Å². The summed E-state index contributed by atoms with van der Waals surface area (Å²) in [5.41, 5.74) is 9.84. The smallest absolute Gasteiger partial charge is 0.0349 e. The maximum absolute atomic E-state index is 6.01. The molecule has 1 aromatic carbocycles. The van der Waals surface area contributed by atoms with Crippen LogP contribution in [0.2, 0.25) is 0 Å². The Labute approximate surface area is 123 Å². The molecule has 0 saturated carbocycles. The third-order valence-electron chi connectivity index (χ3n) is 3.69. The number of benzene rings is 1. The van der Waals surface area contributed by atoms with Gasteiger partial charge in [-0.05, 0) is 56.5 Å². The standard InChI is InChI=1S/C14H22N2.2ClH/c1-3-9-16(2)12-7-8-13-11(10-12)5-4-6-14(13)15;;/h4-6,12H,3,7-10,15H2,1-2H3;2*1H. The fourth-order valence-corrected chi connectivity index (χ4v) is 2.73. The molecule has 4 heteroatoms. The maximum atomic E-state index is 6.01. The molecule has 0 aromatic heterocycles. The Kier molecular flexibility index (Phi) is 7.69. The third-order valence-corrected chi connectivity index (χ3v) is 3.69. The molecule has 1 unspecified atom stereocenters. The van der Waals surface area contributed by atoms with Gasteiger partial charge in [-0.25, -0.2) is 0 Å². The quantitative estimate of drug-likeness (QED) is 0.866. The molecule has 1 aliphatic rings. The summed E-state index contributed by atoms with van der Waals surface area (Å²) in [4.78, 5) is 2.49. The zero-order chi connectivity index (χ0) is 11.5. The Balaban J connectivity index is 0.00000144. The first-order valence-corrected chi connectivity index (χ1v) is 6.29. The largest absolute Gasteiger partial charge is 0.398 e. The van der Waals surface area contributed by atoms with Gasteiger partial charge in [-0.1, -0.05) is 19.1 Å². The highest BCUT2D eigenvalue weighted by Gasteiger charge is 2.22. The predicted molar refractivity (Wildman–Crippen MR) is 84.1 cm³/mol. The highest BCUT2D eigenvalue weighted by Crippen LogP contribution is 2.28. The van der Waals surface area contributed by atoms with E-state index in [-0.39, 0.29) is 24.8 Å². The molecule has 104 valence electrons. The van der Waals surface area contributed by atoms with Crippen molar-refractivity contribution in [1.29, 1.82) is 0 Å². The number of rotatable bonds is 3. The predicted octanol–water partition coefficient (Wildman–Crippen LogP) is 3.31. The van der Waals surface area contributed by atoms with Crippen LogP contribution in [-0.2, 0) is 12.8 Å². The molecule has 0 amide bonds. The highest BCUT2D eigenvalue weighted by molar-refractivity contribution is 5.85. The topological polar surface area (TPSA) is 29.3 Å². The van der Waals surface area contributed by atoms with Crippen molar-refractivity contribution < 1.29 is 0 Å². The average Bonchev–Trinajstić information content (AvgIpc) is 2.29. The second-order valence-corrected chi connectivity index (χ2v) is 4.86. The molecule has 2 rings (SSSR count). The number of fused-ring (bicyclic) bond motifs is 1. The zero-order valence-electron chi connectivity index (χ0n) is 11.2. The van der Waals surface area contributed by atoms with Crippen LogP contribution >= 0.6 is 24.8 Å². The van der Waals surface area contributed by atoms with Crippen LogP contribution in [0.25, 0.3) is 0 Å². The van der Waals surface area contributed by atoms with Crippen molar-refractivity contribution in [2.24, 2.45) is 0 Å². The SMILES string of the molecule is CCCN(C)C1CCc2c(N)cccc2C1.Cl.Cl. The van der Waals surface area contributed by atoms with Crippen LogP contribution in [0.3, 0.4) is 0 Å². The second kappa shape index (κ2) is 7.88. The molecule has 0 aliphatic heterocycles. The van der Waals surface area contributed by atoms with Crippen molar-refractivity contribution in [2.75, 3.05) is 19.3 Å². The molecule has 2 nitrogen and oxygen atoms in total. The van der Waals surface area contributed by atoms with Crippen LogP contribution in [0.15, 0.2) is 18.2 Å². The number of hydrogen-bond donors (Lipinski definition) is 1. The fraction of sp³-hybridized carbons (Fsp3) is 0.571. The van der Waals surface area contributed by atoms with E-state index in [0.717, 1.165) is 18.5 Å². The molecule has 0 radical (unpaired) electrons. The summed E-state index contributed by atoms with van der Waals surface area (Å²) in [5, 5.41) is 0. The lowest BCUT2D eigenvalue weighted by Gasteiger charge is -2.32. The number of anilines is 1.